The van der Waals surface area contributed by atoms with Gasteiger partial charge < -0.3 is 0 Å². The Kier molecular flexibility index (Phi) is 3.06. The average molecular weight is 153 g/mol. The van der Waals surface area contributed by atoms with Gasteiger partial charge in [-0.15, -0.1) is 4.83 Å². The summed E-state index contributed by atoms with van der Waals surface area (Å²) < 4.78 is 23.1. The van der Waals surface area contributed by atoms with Gasteiger partial charge in [0.05, 0.1) is 0 Å². The van der Waals surface area contributed by atoms with Crippen molar-refractivity contribution in [2.45, 2.75) is 19.9 Å². The van der Waals surface area contributed by atoms with E-state index in [1.807, 2.05) is 0 Å². The SMILES string of the molecule is CC(C)NS(=O)(=O)NN. The van der Waals surface area contributed by atoms with E-state index in [1.165, 1.54) is 0 Å². The van der Waals surface area contributed by atoms with E-state index in [1.54, 1.807) is 18.7 Å². The molecule has 0 unspecified atom stereocenters. The summed E-state index contributed by atoms with van der Waals surface area (Å²) in [6.07, 6.45) is 0. The molecule has 0 saturated carbocycles. The van der Waals surface area contributed by atoms with Crippen LogP contribution < -0.4 is 15.4 Å². The molecule has 0 heterocycles. The Bertz CT molecular complexity index is 162. The van der Waals surface area contributed by atoms with Gasteiger partial charge in [-0.2, -0.15) is 13.1 Å². The molecule has 0 fully saturated rings. The number of hydrogen-bond donors (Lipinski definition) is 3. The highest BCUT2D eigenvalue weighted by atomic mass is 32.2. The molecule has 0 aliphatic carbocycles. The van der Waals surface area contributed by atoms with E-state index < -0.39 is 10.2 Å². The summed E-state index contributed by atoms with van der Waals surface area (Å²) in [5.74, 6) is 4.65. The molecule has 0 atom stereocenters. The fourth-order valence-corrected chi connectivity index (χ4v) is 1.03. The predicted molar refractivity (Wildman–Crippen MR) is 34.5 cm³/mol. The molecule has 9 heavy (non-hydrogen) atoms. The van der Waals surface area contributed by atoms with Crippen molar-refractivity contribution in [3.63, 3.8) is 0 Å². The summed E-state index contributed by atoms with van der Waals surface area (Å²) in [6, 6.07) is -0.133. The lowest BCUT2D eigenvalue weighted by molar-refractivity contribution is 0.557. The normalized spacial score (nSPS) is 12.4. The van der Waals surface area contributed by atoms with Gasteiger partial charge in [0.2, 0.25) is 0 Å². The Hall–Kier alpha value is -0.170. The van der Waals surface area contributed by atoms with Crippen molar-refractivity contribution in [1.82, 2.24) is 9.55 Å². The molecule has 0 aliphatic heterocycles. The van der Waals surface area contributed by atoms with Gasteiger partial charge in [-0.25, -0.2) is 0 Å². The third kappa shape index (κ3) is 4.34. The summed E-state index contributed by atoms with van der Waals surface area (Å²) in [5.41, 5.74) is 0. The van der Waals surface area contributed by atoms with Crippen LogP contribution in [0.25, 0.3) is 0 Å². The van der Waals surface area contributed by atoms with Crippen molar-refractivity contribution < 1.29 is 8.42 Å². The van der Waals surface area contributed by atoms with Crippen LogP contribution in [0.4, 0.5) is 0 Å². The van der Waals surface area contributed by atoms with Crippen molar-refractivity contribution in [1.29, 1.82) is 0 Å². The molecule has 0 aromatic rings. The molecule has 0 aromatic heterocycles. The van der Waals surface area contributed by atoms with Crippen LogP contribution in [0.5, 0.6) is 0 Å². The highest BCUT2D eigenvalue weighted by molar-refractivity contribution is 7.87. The largest absolute Gasteiger partial charge is 0.289 e. The summed E-state index contributed by atoms with van der Waals surface area (Å²) in [4.78, 5) is 1.63. The van der Waals surface area contributed by atoms with Gasteiger partial charge in [-0.3, -0.25) is 5.84 Å². The van der Waals surface area contributed by atoms with Crippen molar-refractivity contribution in [2.75, 3.05) is 0 Å². The van der Waals surface area contributed by atoms with E-state index >= 15 is 0 Å². The highest BCUT2D eigenvalue weighted by Gasteiger charge is 2.06. The highest BCUT2D eigenvalue weighted by Crippen LogP contribution is 1.79. The van der Waals surface area contributed by atoms with E-state index in [2.05, 4.69) is 10.6 Å². The summed E-state index contributed by atoms with van der Waals surface area (Å²) in [7, 11) is -3.44. The smallest absolute Gasteiger partial charge is 0.257 e. The molecule has 0 aliphatic rings. The molecule has 0 bridgehead atoms. The zero-order valence-electron chi connectivity index (χ0n) is 5.38. The first-order valence-electron chi connectivity index (χ1n) is 2.47. The van der Waals surface area contributed by atoms with Gasteiger partial charge in [0, 0.05) is 6.04 Å². The van der Waals surface area contributed by atoms with Crippen molar-refractivity contribution in [3.05, 3.63) is 0 Å². The average Bonchev–Trinajstić information content (AvgIpc) is 1.63. The molecule has 4 N–H and O–H groups in total. The van der Waals surface area contributed by atoms with Gasteiger partial charge in [0.15, 0.2) is 0 Å². The van der Waals surface area contributed by atoms with Crippen LogP contribution >= 0.6 is 0 Å². The third-order valence-electron chi connectivity index (χ3n) is 0.546. The van der Waals surface area contributed by atoms with Gasteiger partial charge in [-0.05, 0) is 13.8 Å². The molecule has 0 spiro atoms. The van der Waals surface area contributed by atoms with Gasteiger partial charge in [0.1, 0.15) is 0 Å². The lowest BCUT2D eigenvalue weighted by Crippen LogP contribution is -2.43. The molecule has 6 heteroatoms. The van der Waals surface area contributed by atoms with E-state index in [4.69, 9.17) is 0 Å². The number of hydrazine groups is 1. The van der Waals surface area contributed by atoms with Crippen LogP contribution in [0.3, 0.4) is 0 Å². The molecule has 56 valence electrons. The first-order chi connectivity index (χ1) is 3.98. The Balaban J connectivity index is 3.90. The molecular weight excluding hydrogens is 142 g/mol. The fourth-order valence-electron chi connectivity index (χ4n) is 0.344. The van der Waals surface area contributed by atoms with Gasteiger partial charge >= 0.3 is 0 Å². The van der Waals surface area contributed by atoms with E-state index in [-0.39, 0.29) is 6.04 Å². The number of rotatable bonds is 3. The van der Waals surface area contributed by atoms with E-state index in [0.717, 1.165) is 0 Å². The first-order valence-corrected chi connectivity index (χ1v) is 3.96. The fraction of sp³-hybridized carbons (Fsp3) is 1.00. The number of hydrogen-bond acceptors (Lipinski definition) is 3. The maximum atomic E-state index is 10.5. The second kappa shape index (κ2) is 3.11. The third-order valence-corrected chi connectivity index (χ3v) is 1.64. The van der Waals surface area contributed by atoms with Crippen molar-refractivity contribution >= 4 is 10.2 Å². The Morgan fingerprint density at radius 1 is 1.44 bits per heavy atom. The standard InChI is InChI=1S/C3H11N3O2S/c1-3(2)5-9(7,8)6-4/h3,5-6H,4H2,1-2H3. The van der Waals surface area contributed by atoms with Crippen LogP contribution in [-0.4, -0.2) is 14.5 Å². The topological polar surface area (TPSA) is 84.2 Å². The zero-order valence-corrected chi connectivity index (χ0v) is 6.20. The van der Waals surface area contributed by atoms with Gasteiger partial charge in [-0.1, -0.05) is 0 Å². The first kappa shape index (κ1) is 8.83. The zero-order chi connectivity index (χ0) is 7.49. The minimum atomic E-state index is -3.44. The lowest BCUT2D eigenvalue weighted by atomic mass is 10.4. The molecule has 0 rings (SSSR count). The van der Waals surface area contributed by atoms with Crippen molar-refractivity contribution in [2.24, 2.45) is 5.84 Å². The molecule has 0 amide bonds. The van der Waals surface area contributed by atoms with E-state index in [0.29, 0.717) is 0 Å². The minimum absolute atomic E-state index is 0.133. The summed E-state index contributed by atoms with van der Waals surface area (Å²) in [5, 5.41) is 0. The van der Waals surface area contributed by atoms with Crippen LogP contribution in [-0.2, 0) is 10.2 Å². The summed E-state index contributed by atoms with van der Waals surface area (Å²) >= 11 is 0. The predicted octanol–water partition coefficient (Wildman–Crippen LogP) is -1.31. The number of nitrogens with one attached hydrogen (secondary N) is 2. The Morgan fingerprint density at radius 3 is 2.00 bits per heavy atom. The van der Waals surface area contributed by atoms with Crippen molar-refractivity contribution in [3.8, 4) is 0 Å². The second-order valence-electron chi connectivity index (χ2n) is 1.89. The molecule has 0 radical (unpaired) electrons. The van der Waals surface area contributed by atoms with Crippen LogP contribution in [0.2, 0.25) is 0 Å². The minimum Gasteiger partial charge on any atom is -0.257 e. The van der Waals surface area contributed by atoms with Crippen LogP contribution in [0.1, 0.15) is 13.8 Å². The maximum Gasteiger partial charge on any atom is 0.289 e. The Morgan fingerprint density at radius 2 is 1.89 bits per heavy atom. The quantitative estimate of drug-likeness (QED) is 0.348. The van der Waals surface area contributed by atoms with Gasteiger partial charge in [0.25, 0.3) is 10.2 Å². The Labute approximate surface area is 54.8 Å². The number of nitrogens with two attached hydrogens (primary N) is 1. The maximum absolute atomic E-state index is 10.5. The summed E-state index contributed by atoms with van der Waals surface area (Å²) in [6.45, 7) is 3.41. The second-order valence-corrected chi connectivity index (χ2v) is 3.37. The van der Waals surface area contributed by atoms with E-state index in [9.17, 15) is 8.42 Å². The van der Waals surface area contributed by atoms with Crippen LogP contribution in [0, 0.1) is 0 Å². The molecule has 0 aromatic carbocycles. The molecule has 5 nitrogen and oxygen atoms in total. The monoisotopic (exact) mass is 153 g/mol. The molecule has 0 saturated heterocycles. The lowest BCUT2D eigenvalue weighted by Gasteiger charge is -2.06. The van der Waals surface area contributed by atoms with Crippen LogP contribution in [0.15, 0.2) is 0 Å². The molecular formula is C3H11N3O2S.